The number of rotatable bonds is 10. The van der Waals surface area contributed by atoms with Crippen molar-refractivity contribution >= 4 is 15.9 Å². The molecule has 1 fully saturated rings. The maximum Gasteiger partial charge on any atom is 0.243 e. The second-order valence-electron chi connectivity index (χ2n) is 9.10. The van der Waals surface area contributed by atoms with Gasteiger partial charge in [-0.2, -0.15) is 4.31 Å². The van der Waals surface area contributed by atoms with E-state index in [1.54, 1.807) is 36.4 Å². The standard InChI is InChI=1S/C27H33N3O4S/c1-22-7-13-26(14-8-22)35(32,33)30(20-25-6-5-17-34-25)21-27(31)28-18-23-9-11-24(12-10-23)19-29-15-3-2-4-16-29/h5-14,17H,2-4,15-16,18-21H2,1H3,(H,28,31). The third-order valence-electron chi connectivity index (χ3n) is 6.26. The zero-order chi connectivity index (χ0) is 24.7. The summed E-state index contributed by atoms with van der Waals surface area (Å²) in [5, 5.41) is 2.86. The summed E-state index contributed by atoms with van der Waals surface area (Å²) in [5.74, 6) is 0.0995. The fraction of sp³-hybridized carbons (Fsp3) is 0.370. The summed E-state index contributed by atoms with van der Waals surface area (Å²) in [5.41, 5.74) is 3.19. The number of carbonyl (C=O) groups is 1. The lowest BCUT2D eigenvalue weighted by molar-refractivity contribution is -0.121. The molecular weight excluding hydrogens is 462 g/mol. The number of hydrogen-bond acceptors (Lipinski definition) is 5. The van der Waals surface area contributed by atoms with Crippen molar-refractivity contribution in [3.05, 3.63) is 89.4 Å². The number of nitrogens with one attached hydrogen (secondary N) is 1. The molecule has 186 valence electrons. The number of piperidine rings is 1. The zero-order valence-electron chi connectivity index (χ0n) is 20.2. The first-order valence-corrected chi connectivity index (χ1v) is 13.5. The third kappa shape index (κ3) is 7.04. The first kappa shape index (κ1) is 25.2. The lowest BCUT2D eigenvalue weighted by Crippen LogP contribution is -2.40. The molecule has 1 amide bonds. The molecule has 0 aliphatic carbocycles. The molecule has 0 atom stereocenters. The Bertz CT molecular complexity index is 1180. The molecule has 2 heterocycles. The van der Waals surface area contributed by atoms with Gasteiger partial charge in [0, 0.05) is 13.1 Å². The molecule has 35 heavy (non-hydrogen) atoms. The van der Waals surface area contributed by atoms with E-state index in [4.69, 9.17) is 4.42 Å². The maximum absolute atomic E-state index is 13.3. The fourth-order valence-corrected chi connectivity index (χ4v) is 5.58. The van der Waals surface area contributed by atoms with Gasteiger partial charge in [-0.15, -0.1) is 0 Å². The van der Waals surface area contributed by atoms with Crippen LogP contribution in [0, 0.1) is 6.92 Å². The van der Waals surface area contributed by atoms with Gasteiger partial charge in [0.1, 0.15) is 5.76 Å². The van der Waals surface area contributed by atoms with Crippen LogP contribution in [-0.4, -0.2) is 43.2 Å². The van der Waals surface area contributed by atoms with Crippen molar-refractivity contribution in [2.24, 2.45) is 0 Å². The third-order valence-corrected chi connectivity index (χ3v) is 8.06. The van der Waals surface area contributed by atoms with Crippen LogP contribution in [0.2, 0.25) is 0 Å². The highest BCUT2D eigenvalue weighted by Crippen LogP contribution is 2.19. The van der Waals surface area contributed by atoms with Crippen LogP contribution in [0.1, 0.15) is 41.7 Å². The van der Waals surface area contributed by atoms with E-state index in [2.05, 4.69) is 22.3 Å². The predicted molar refractivity (Wildman–Crippen MR) is 135 cm³/mol. The smallest absolute Gasteiger partial charge is 0.243 e. The number of aryl methyl sites for hydroxylation is 1. The van der Waals surface area contributed by atoms with Crippen molar-refractivity contribution < 1.29 is 17.6 Å². The normalized spacial score (nSPS) is 14.8. The Morgan fingerprint density at radius 2 is 1.66 bits per heavy atom. The lowest BCUT2D eigenvalue weighted by Gasteiger charge is -2.26. The Kier molecular flexibility index (Phi) is 8.38. The number of sulfonamides is 1. The number of hydrogen-bond donors (Lipinski definition) is 1. The van der Waals surface area contributed by atoms with Crippen molar-refractivity contribution in [3.63, 3.8) is 0 Å². The molecule has 3 aromatic rings. The Morgan fingerprint density at radius 3 is 2.31 bits per heavy atom. The van der Waals surface area contributed by atoms with Crippen LogP contribution in [0.25, 0.3) is 0 Å². The molecule has 1 aromatic heterocycles. The van der Waals surface area contributed by atoms with E-state index in [9.17, 15) is 13.2 Å². The molecule has 0 bridgehead atoms. The van der Waals surface area contributed by atoms with Gasteiger partial charge in [-0.1, -0.05) is 48.4 Å². The molecule has 2 aromatic carbocycles. The average Bonchev–Trinajstić information content (AvgIpc) is 3.37. The van der Waals surface area contributed by atoms with Crippen molar-refractivity contribution in [1.82, 2.24) is 14.5 Å². The van der Waals surface area contributed by atoms with Crippen molar-refractivity contribution in [1.29, 1.82) is 0 Å². The molecule has 0 unspecified atom stereocenters. The van der Waals surface area contributed by atoms with E-state index >= 15 is 0 Å². The topological polar surface area (TPSA) is 82.9 Å². The van der Waals surface area contributed by atoms with Gasteiger partial charge in [-0.05, 0) is 68.2 Å². The lowest BCUT2D eigenvalue weighted by atomic mass is 10.1. The van der Waals surface area contributed by atoms with E-state index < -0.39 is 10.0 Å². The van der Waals surface area contributed by atoms with E-state index in [0.29, 0.717) is 12.3 Å². The van der Waals surface area contributed by atoms with Crippen LogP contribution in [0.5, 0.6) is 0 Å². The van der Waals surface area contributed by atoms with Crippen LogP contribution < -0.4 is 5.32 Å². The van der Waals surface area contributed by atoms with E-state index in [-0.39, 0.29) is 23.9 Å². The second kappa shape index (κ2) is 11.7. The first-order valence-electron chi connectivity index (χ1n) is 12.1. The highest BCUT2D eigenvalue weighted by molar-refractivity contribution is 7.89. The zero-order valence-corrected chi connectivity index (χ0v) is 21.0. The molecule has 1 aliphatic rings. The SMILES string of the molecule is Cc1ccc(S(=O)(=O)N(CC(=O)NCc2ccc(CN3CCCCC3)cc2)Cc2ccco2)cc1. The highest BCUT2D eigenvalue weighted by Gasteiger charge is 2.27. The summed E-state index contributed by atoms with van der Waals surface area (Å²) in [6.45, 7) is 5.15. The van der Waals surface area contributed by atoms with Gasteiger partial charge in [0.25, 0.3) is 0 Å². The summed E-state index contributed by atoms with van der Waals surface area (Å²) in [6.07, 6.45) is 5.34. The highest BCUT2D eigenvalue weighted by atomic mass is 32.2. The second-order valence-corrected chi connectivity index (χ2v) is 11.0. The van der Waals surface area contributed by atoms with Gasteiger partial charge in [0.15, 0.2) is 0 Å². The van der Waals surface area contributed by atoms with Gasteiger partial charge in [-0.3, -0.25) is 9.69 Å². The van der Waals surface area contributed by atoms with E-state index in [0.717, 1.165) is 35.1 Å². The number of furan rings is 1. The van der Waals surface area contributed by atoms with Crippen molar-refractivity contribution in [3.8, 4) is 0 Å². The Labute approximate surface area is 207 Å². The van der Waals surface area contributed by atoms with Gasteiger partial charge < -0.3 is 9.73 Å². The molecule has 0 radical (unpaired) electrons. The number of benzene rings is 2. The average molecular weight is 496 g/mol. The summed E-state index contributed by atoms with van der Waals surface area (Å²) in [6, 6.07) is 18.2. The number of carbonyl (C=O) groups excluding carboxylic acids is 1. The minimum Gasteiger partial charge on any atom is -0.468 e. The quantitative estimate of drug-likeness (QED) is 0.458. The van der Waals surface area contributed by atoms with Crippen molar-refractivity contribution in [2.75, 3.05) is 19.6 Å². The van der Waals surface area contributed by atoms with Crippen LogP contribution in [0.15, 0.2) is 76.2 Å². The first-order chi connectivity index (χ1) is 16.9. The number of amides is 1. The van der Waals surface area contributed by atoms with Gasteiger partial charge in [-0.25, -0.2) is 8.42 Å². The van der Waals surface area contributed by atoms with Crippen molar-refractivity contribution in [2.45, 2.75) is 50.7 Å². The van der Waals surface area contributed by atoms with Crippen LogP contribution >= 0.6 is 0 Å². The molecule has 1 saturated heterocycles. The fourth-order valence-electron chi connectivity index (χ4n) is 4.22. The van der Waals surface area contributed by atoms with Gasteiger partial charge in [0.2, 0.25) is 15.9 Å². The largest absolute Gasteiger partial charge is 0.468 e. The monoisotopic (exact) mass is 495 g/mol. The minimum atomic E-state index is -3.88. The van der Waals surface area contributed by atoms with E-state index in [1.807, 2.05) is 19.1 Å². The summed E-state index contributed by atoms with van der Waals surface area (Å²) < 4.78 is 33.1. The Hall–Kier alpha value is -2.94. The maximum atomic E-state index is 13.3. The summed E-state index contributed by atoms with van der Waals surface area (Å²) >= 11 is 0. The molecular formula is C27H33N3O4S. The number of likely N-dealkylation sites (tertiary alicyclic amines) is 1. The minimum absolute atomic E-state index is 0.0260. The summed E-state index contributed by atoms with van der Waals surface area (Å²) in [4.78, 5) is 15.4. The van der Waals surface area contributed by atoms with E-state index in [1.165, 1.54) is 31.1 Å². The summed E-state index contributed by atoms with van der Waals surface area (Å²) in [7, 11) is -3.88. The molecule has 4 rings (SSSR count). The predicted octanol–water partition coefficient (Wildman–Crippen LogP) is 4.08. The van der Waals surface area contributed by atoms with Crippen LogP contribution in [0.3, 0.4) is 0 Å². The van der Waals surface area contributed by atoms with Gasteiger partial charge in [0.05, 0.1) is 24.2 Å². The molecule has 0 spiro atoms. The molecule has 0 saturated carbocycles. The molecule has 1 N–H and O–H groups in total. The van der Waals surface area contributed by atoms with Crippen LogP contribution in [0.4, 0.5) is 0 Å². The molecule has 7 nitrogen and oxygen atoms in total. The molecule has 8 heteroatoms. The Balaban J connectivity index is 1.37. The molecule has 1 aliphatic heterocycles. The van der Waals surface area contributed by atoms with Crippen LogP contribution in [-0.2, 0) is 34.5 Å². The van der Waals surface area contributed by atoms with Gasteiger partial charge >= 0.3 is 0 Å². The number of nitrogens with zero attached hydrogens (tertiary/aromatic N) is 2. The Morgan fingerprint density at radius 1 is 0.971 bits per heavy atom.